The fourth-order valence-corrected chi connectivity index (χ4v) is 2.97. The molecule has 0 spiro atoms. The van der Waals surface area contributed by atoms with Crippen LogP contribution >= 0.6 is 0 Å². The molecule has 0 bridgehead atoms. The van der Waals surface area contributed by atoms with E-state index in [2.05, 4.69) is 51.7 Å². The highest BCUT2D eigenvalue weighted by molar-refractivity contribution is 5.82. The predicted octanol–water partition coefficient (Wildman–Crippen LogP) is 4.22. The predicted molar refractivity (Wildman–Crippen MR) is 86.9 cm³/mol. The van der Waals surface area contributed by atoms with Crippen molar-refractivity contribution in [3.63, 3.8) is 0 Å². The quantitative estimate of drug-likeness (QED) is 0.633. The Labute approximate surface area is 123 Å². The van der Waals surface area contributed by atoms with E-state index in [-0.39, 0.29) is 5.41 Å². The molecule has 0 saturated carbocycles. The lowest BCUT2D eigenvalue weighted by Crippen LogP contribution is -2.29. The Morgan fingerprint density at radius 2 is 1.60 bits per heavy atom. The summed E-state index contributed by atoms with van der Waals surface area (Å²) in [7, 11) is 0. The zero-order valence-corrected chi connectivity index (χ0v) is 13.6. The maximum atomic E-state index is 8.32. The van der Waals surface area contributed by atoms with Crippen molar-refractivity contribution in [2.24, 2.45) is 0 Å². The van der Waals surface area contributed by atoms with Gasteiger partial charge in [0.2, 0.25) is 0 Å². The molecule has 1 heterocycles. The summed E-state index contributed by atoms with van der Waals surface area (Å²) >= 11 is 0. The molecule has 1 fully saturated rings. The largest absolute Gasteiger partial charge is 0.360 e. The van der Waals surface area contributed by atoms with Gasteiger partial charge in [0.15, 0.2) is 0 Å². The molecule has 0 amide bonds. The van der Waals surface area contributed by atoms with E-state index in [1.165, 1.54) is 35.1 Å². The molecule has 1 aromatic rings. The van der Waals surface area contributed by atoms with E-state index < -0.39 is 0 Å². The molecule has 1 aliphatic rings. The maximum Gasteiger partial charge on any atom is 0.100 e. The minimum atomic E-state index is 0.191. The van der Waals surface area contributed by atoms with Gasteiger partial charge >= 0.3 is 0 Å². The molecular weight excluding hydrogens is 244 g/mol. The first-order valence-electron chi connectivity index (χ1n) is 7.72. The molecule has 1 saturated heterocycles. The SMILES string of the molecule is Cc1cc(C(C)(C)C)cc(C)c1CC(=N)N1CCCC1. The molecule has 20 heavy (non-hydrogen) atoms. The van der Waals surface area contributed by atoms with Gasteiger partial charge < -0.3 is 4.90 Å². The fourth-order valence-electron chi connectivity index (χ4n) is 2.97. The summed E-state index contributed by atoms with van der Waals surface area (Å²) in [4.78, 5) is 2.23. The Bertz CT molecular complexity index is 480. The number of amidine groups is 1. The van der Waals surface area contributed by atoms with E-state index in [0.29, 0.717) is 0 Å². The Kier molecular flexibility index (Phi) is 4.22. The molecule has 2 rings (SSSR count). The first-order valence-corrected chi connectivity index (χ1v) is 7.72. The molecule has 1 aliphatic heterocycles. The lowest BCUT2D eigenvalue weighted by Gasteiger charge is -2.24. The van der Waals surface area contributed by atoms with Gasteiger partial charge in [-0.3, -0.25) is 5.41 Å². The number of hydrogen-bond acceptors (Lipinski definition) is 1. The number of nitrogens with zero attached hydrogens (tertiary/aromatic N) is 1. The average molecular weight is 272 g/mol. The van der Waals surface area contributed by atoms with Crippen molar-refractivity contribution in [1.29, 1.82) is 5.41 Å². The summed E-state index contributed by atoms with van der Waals surface area (Å²) in [5.74, 6) is 0.789. The van der Waals surface area contributed by atoms with Crippen molar-refractivity contribution in [3.05, 3.63) is 34.4 Å². The van der Waals surface area contributed by atoms with Crippen LogP contribution in [0.1, 0.15) is 55.9 Å². The van der Waals surface area contributed by atoms with Gasteiger partial charge in [0, 0.05) is 19.5 Å². The second kappa shape index (κ2) is 5.59. The van der Waals surface area contributed by atoms with E-state index in [1.807, 2.05) is 0 Å². The van der Waals surface area contributed by atoms with Crippen LogP contribution in [0.3, 0.4) is 0 Å². The van der Waals surface area contributed by atoms with Crippen molar-refractivity contribution in [2.75, 3.05) is 13.1 Å². The van der Waals surface area contributed by atoms with E-state index in [9.17, 15) is 0 Å². The van der Waals surface area contributed by atoms with Gasteiger partial charge in [-0.05, 0) is 54.4 Å². The first kappa shape index (κ1) is 15.1. The summed E-state index contributed by atoms with van der Waals surface area (Å²) in [6, 6.07) is 4.61. The Balaban J connectivity index is 2.22. The van der Waals surface area contributed by atoms with E-state index >= 15 is 0 Å². The number of rotatable bonds is 2. The van der Waals surface area contributed by atoms with Gasteiger partial charge in [-0.1, -0.05) is 32.9 Å². The fraction of sp³-hybridized carbons (Fsp3) is 0.611. The Hall–Kier alpha value is -1.31. The van der Waals surface area contributed by atoms with Gasteiger partial charge in [-0.2, -0.15) is 0 Å². The monoisotopic (exact) mass is 272 g/mol. The number of likely N-dealkylation sites (tertiary alicyclic amines) is 1. The van der Waals surface area contributed by atoms with E-state index in [4.69, 9.17) is 5.41 Å². The summed E-state index contributed by atoms with van der Waals surface area (Å²) in [5, 5.41) is 8.32. The van der Waals surface area contributed by atoms with Gasteiger partial charge in [0.05, 0.1) is 0 Å². The lowest BCUT2D eigenvalue weighted by atomic mass is 9.83. The third kappa shape index (κ3) is 3.23. The minimum absolute atomic E-state index is 0.191. The number of benzene rings is 1. The average Bonchev–Trinajstić information content (AvgIpc) is 2.85. The molecule has 110 valence electrons. The van der Waals surface area contributed by atoms with Crippen LogP contribution in [0.2, 0.25) is 0 Å². The van der Waals surface area contributed by atoms with Crippen LogP contribution in [-0.2, 0) is 11.8 Å². The van der Waals surface area contributed by atoms with Gasteiger partial charge in [0.1, 0.15) is 5.84 Å². The molecule has 0 aliphatic carbocycles. The van der Waals surface area contributed by atoms with Crippen LogP contribution in [0.4, 0.5) is 0 Å². The first-order chi connectivity index (χ1) is 9.29. The third-order valence-electron chi connectivity index (χ3n) is 4.39. The minimum Gasteiger partial charge on any atom is -0.360 e. The Morgan fingerprint density at radius 3 is 2.05 bits per heavy atom. The molecule has 1 N–H and O–H groups in total. The molecule has 2 heteroatoms. The molecule has 2 nitrogen and oxygen atoms in total. The smallest absolute Gasteiger partial charge is 0.100 e. The second-order valence-electron chi connectivity index (χ2n) is 7.16. The van der Waals surface area contributed by atoms with Gasteiger partial charge in [0.25, 0.3) is 0 Å². The number of nitrogens with one attached hydrogen (secondary N) is 1. The van der Waals surface area contributed by atoms with Crippen LogP contribution in [-0.4, -0.2) is 23.8 Å². The van der Waals surface area contributed by atoms with Crippen molar-refractivity contribution >= 4 is 5.84 Å². The van der Waals surface area contributed by atoms with Crippen LogP contribution < -0.4 is 0 Å². The third-order valence-corrected chi connectivity index (χ3v) is 4.39. The standard InChI is InChI=1S/C18H28N2/c1-13-10-15(18(3,4)5)11-14(2)16(13)12-17(19)20-8-6-7-9-20/h10-11,19H,6-9,12H2,1-5H3. The van der Waals surface area contributed by atoms with Crippen molar-refractivity contribution in [3.8, 4) is 0 Å². The summed E-state index contributed by atoms with van der Waals surface area (Å²) in [6.45, 7) is 13.3. The molecule has 1 aromatic carbocycles. The normalized spacial score (nSPS) is 15.8. The molecule has 0 atom stereocenters. The molecular formula is C18H28N2. The molecule has 0 radical (unpaired) electrons. The highest BCUT2D eigenvalue weighted by Gasteiger charge is 2.19. The zero-order chi connectivity index (χ0) is 14.9. The van der Waals surface area contributed by atoms with Gasteiger partial charge in [-0.25, -0.2) is 0 Å². The van der Waals surface area contributed by atoms with Crippen molar-refractivity contribution in [1.82, 2.24) is 4.90 Å². The van der Waals surface area contributed by atoms with Crippen LogP contribution in [0.25, 0.3) is 0 Å². The maximum absolute atomic E-state index is 8.32. The summed E-state index contributed by atoms with van der Waals surface area (Å²) < 4.78 is 0. The van der Waals surface area contributed by atoms with Crippen molar-refractivity contribution in [2.45, 2.75) is 59.3 Å². The second-order valence-corrected chi connectivity index (χ2v) is 7.16. The highest BCUT2D eigenvalue weighted by Crippen LogP contribution is 2.27. The molecule has 0 aromatic heterocycles. The lowest BCUT2D eigenvalue weighted by molar-refractivity contribution is 0.506. The van der Waals surface area contributed by atoms with E-state index in [0.717, 1.165) is 25.3 Å². The molecule has 0 unspecified atom stereocenters. The van der Waals surface area contributed by atoms with Crippen LogP contribution in [0, 0.1) is 19.3 Å². The highest BCUT2D eigenvalue weighted by atomic mass is 15.2. The number of aryl methyl sites for hydroxylation is 2. The van der Waals surface area contributed by atoms with Crippen LogP contribution in [0.15, 0.2) is 12.1 Å². The summed E-state index contributed by atoms with van der Waals surface area (Å²) in [5.41, 5.74) is 5.59. The summed E-state index contributed by atoms with van der Waals surface area (Å²) in [6.07, 6.45) is 3.26. The number of hydrogen-bond donors (Lipinski definition) is 1. The topological polar surface area (TPSA) is 27.1 Å². The van der Waals surface area contributed by atoms with Gasteiger partial charge in [-0.15, -0.1) is 0 Å². The zero-order valence-electron chi connectivity index (χ0n) is 13.6. The van der Waals surface area contributed by atoms with E-state index in [1.54, 1.807) is 0 Å². The van der Waals surface area contributed by atoms with Crippen LogP contribution in [0.5, 0.6) is 0 Å². The van der Waals surface area contributed by atoms with Crippen molar-refractivity contribution < 1.29 is 0 Å². The Morgan fingerprint density at radius 1 is 1.10 bits per heavy atom.